The van der Waals surface area contributed by atoms with Gasteiger partial charge in [-0.15, -0.1) is 0 Å². The van der Waals surface area contributed by atoms with Crippen molar-refractivity contribution in [3.05, 3.63) is 65.8 Å². The second-order valence-electron chi connectivity index (χ2n) is 6.89. The van der Waals surface area contributed by atoms with Crippen LogP contribution in [-0.4, -0.2) is 29.8 Å². The smallest absolute Gasteiger partial charge is 0.235 e. The number of nitrogens with zero attached hydrogens (tertiary/aromatic N) is 3. The van der Waals surface area contributed by atoms with Crippen LogP contribution in [0.25, 0.3) is 11.4 Å². The van der Waals surface area contributed by atoms with Crippen molar-refractivity contribution >= 4 is 5.69 Å². The molecule has 0 saturated carbocycles. The molecule has 0 spiro atoms. The molecule has 140 valence electrons. The Bertz CT molecular complexity index is 870. The molecule has 2 heterocycles. The zero-order valence-electron chi connectivity index (χ0n) is 15.1. The summed E-state index contributed by atoms with van der Waals surface area (Å²) in [7, 11) is 0. The number of nitrogens with two attached hydrogens (primary N) is 1. The highest BCUT2D eigenvalue weighted by molar-refractivity contribution is 5.60. The number of hydrogen-bond acceptors (Lipinski definition) is 5. The van der Waals surface area contributed by atoms with E-state index in [0.717, 1.165) is 24.2 Å². The van der Waals surface area contributed by atoms with Crippen molar-refractivity contribution in [2.75, 3.05) is 24.5 Å². The first-order valence-electron chi connectivity index (χ1n) is 9.39. The van der Waals surface area contributed by atoms with E-state index in [1.807, 2.05) is 12.1 Å². The van der Waals surface area contributed by atoms with Crippen LogP contribution in [0.15, 0.2) is 53.1 Å². The summed E-state index contributed by atoms with van der Waals surface area (Å²) >= 11 is 0. The highest BCUT2D eigenvalue weighted by Gasteiger charge is 2.20. The van der Waals surface area contributed by atoms with Gasteiger partial charge in [0.2, 0.25) is 11.7 Å². The first kappa shape index (κ1) is 17.7. The van der Waals surface area contributed by atoms with E-state index in [0.29, 0.717) is 18.3 Å². The Morgan fingerprint density at radius 3 is 2.37 bits per heavy atom. The predicted octanol–water partition coefficient (Wildman–Crippen LogP) is 3.96. The summed E-state index contributed by atoms with van der Waals surface area (Å²) in [6, 6.07) is 14.5. The summed E-state index contributed by atoms with van der Waals surface area (Å²) in [5, 5.41) is 4.11. The number of halogens is 1. The van der Waals surface area contributed by atoms with Gasteiger partial charge < -0.3 is 15.2 Å². The lowest BCUT2D eigenvalue weighted by Crippen LogP contribution is -2.29. The highest BCUT2D eigenvalue weighted by Crippen LogP contribution is 2.27. The lowest BCUT2D eigenvalue weighted by atomic mass is 9.99. The van der Waals surface area contributed by atoms with Gasteiger partial charge in [0.1, 0.15) is 5.82 Å². The quantitative estimate of drug-likeness (QED) is 0.740. The van der Waals surface area contributed by atoms with E-state index in [9.17, 15) is 4.39 Å². The maximum Gasteiger partial charge on any atom is 0.235 e. The Morgan fingerprint density at radius 1 is 1.00 bits per heavy atom. The SMILES string of the molecule is NCC(c1ccc(F)cc1)c1nc(-c2ccc(N3CCCCC3)cc2)no1. The third-order valence-corrected chi connectivity index (χ3v) is 5.09. The first-order chi connectivity index (χ1) is 13.2. The average molecular weight is 366 g/mol. The maximum atomic E-state index is 13.2. The summed E-state index contributed by atoms with van der Waals surface area (Å²) in [5.41, 5.74) is 8.89. The van der Waals surface area contributed by atoms with Crippen LogP contribution in [0.5, 0.6) is 0 Å². The van der Waals surface area contributed by atoms with Crippen LogP contribution in [0.1, 0.15) is 36.6 Å². The van der Waals surface area contributed by atoms with Gasteiger partial charge in [0, 0.05) is 30.9 Å². The molecular formula is C21H23FN4O. The number of rotatable bonds is 5. The van der Waals surface area contributed by atoms with Gasteiger partial charge in [0.15, 0.2) is 0 Å². The zero-order valence-corrected chi connectivity index (χ0v) is 15.1. The molecule has 2 aromatic carbocycles. The van der Waals surface area contributed by atoms with Gasteiger partial charge in [-0.05, 0) is 61.2 Å². The fourth-order valence-corrected chi connectivity index (χ4v) is 3.54. The normalized spacial score (nSPS) is 15.7. The molecule has 1 fully saturated rings. The third-order valence-electron chi connectivity index (χ3n) is 5.09. The minimum Gasteiger partial charge on any atom is -0.372 e. The average Bonchev–Trinajstić information content (AvgIpc) is 3.21. The lowest BCUT2D eigenvalue weighted by molar-refractivity contribution is 0.367. The summed E-state index contributed by atoms with van der Waals surface area (Å²) in [4.78, 5) is 6.94. The van der Waals surface area contributed by atoms with Crippen LogP contribution < -0.4 is 10.6 Å². The number of piperidine rings is 1. The molecule has 0 amide bonds. The minimum absolute atomic E-state index is 0.250. The summed E-state index contributed by atoms with van der Waals surface area (Å²) < 4.78 is 18.6. The van der Waals surface area contributed by atoms with E-state index < -0.39 is 0 Å². The summed E-state index contributed by atoms with van der Waals surface area (Å²) in [6.07, 6.45) is 3.82. The standard InChI is InChI=1S/C21H23FN4O/c22-17-8-4-15(5-9-17)19(14-23)21-24-20(25-27-21)16-6-10-18(11-7-16)26-12-2-1-3-13-26/h4-11,19H,1-3,12-14,23H2. The van der Waals surface area contributed by atoms with Crippen LogP contribution in [0.2, 0.25) is 0 Å². The molecular weight excluding hydrogens is 343 g/mol. The number of aromatic nitrogens is 2. The summed E-state index contributed by atoms with van der Waals surface area (Å²) in [5.74, 6) is 0.448. The van der Waals surface area contributed by atoms with E-state index in [4.69, 9.17) is 10.3 Å². The fourth-order valence-electron chi connectivity index (χ4n) is 3.54. The minimum atomic E-state index is -0.283. The van der Waals surface area contributed by atoms with Crippen molar-refractivity contribution in [3.8, 4) is 11.4 Å². The monoisotopic (exact) mass is 366 g/mol. The van der Waals surface area contributed by atoms with E-state index in [-0.39, 0.29) is 11.7 Å². The molecule has 3 aromatic rings. The van der Waals surface area contributed by atoms with Crippen LogP contribution >= 0.6 is 0 Å². The number of anilines is 1. The molecule has 27 heavy (non-hydrogen) atoms. The molecule has 1 saturated heterocycles. The molecule has 2 N–H and O–H groups in total. The van der Waals surface area contributed by atoms with Crippen molar-refractivity contribution in [2.45, 2.75) is 25.2 Å². The van der Waals surface area contributed by atoms with E-state index >= 15 is 0 Å². The molecule has 1 aliphatic rings. The van der Waals surface area contributed by atoms with Crippen molar-refractivity contribution in [3.63, 3.8) is 0 Å². The van der Waals surface area contributed by atoms with Gasteiger partial charge in [-0.2, -0.15) is 4.98 Å². The Hall–Kier alpha value is -2.73. The van der Waals surface area contributed by atoms with Crippen LogP contribution in [0, 0.1) is 5.82 Å². The molecule has 0 radical (unpaired) electrons. The Balaban J connectivity index is 1.53. The predicted molar refractivity (Wildman–Crippen MR) is 103 cm³/mol. The van der Waals surface area contributed by atoms with Crippen molar-refractivity contribution in [1.82, 2.24) is 10.1 Å². The largest absolute Gasteiger partial charge is 0.372 e. The van der Waals surface area contributed by atoms with Crippen molar-refractivity contribution in [2.24, 2.45) is 5.73 Å². The number of benzene rings is 2. The van der Waals surface area contributed by atoms with Crippen molar-refractivity contribution < 1.29 is 8.91 Å². The van der Waals surface area contributed by atoms with Gasteiger partial charge in [-0.25, -0.2) is 4.39 Å². The molecule has 0 bridgehead atoms. The number of hydrogen-bond donors (Lipinski definition) is 1. The Kier molecular flexibility index (Phi) is 5.16. The molecule has 1 atom stereocenters. The Labute approximate surface area is 158 Å². The third kappa shape index (κ3) is 3.85. The molecule has 4 rings (SSSR count). The molecule has 5 nitrogen and oxygen atoms in total. The molecule has 1 unspecified atom stereocenters. The van der Waals surface area contributed by atoms with E-state index in [1.165, 1.54) is 37.1 Å². The van der Waals surface area contributed by atoms with Crippen LogP contribution in [0.3, 0.4) is 0 Å². The molecule has 6 heteroatoms. The summed E-state index contributed by atoms with van der Waals surface area (Å²) in [6.45, 7) is 2.53. The second kappa shape index (κ2) is 7.88. The second-order valence-corrected chi connectivity index (χ2v) is 6.89. The van der Waals surface area contributed by atoms with Gasteiger partial charge >= 0.3 is 0 Å². The van der Waals surface area contributed by atoms with Gasteiger partial charge in [0.25, 0.3) is 0 Å². The van der Waals surface area contributed by atoms with Crippen LogP contribution in [0.4, 0.5) is 10.1 Å². The zero-order chi connectivity index (χ0) is 18.6. The van der Waals surface area contributed by atoms with Gasteiger partial charge in [-0.3, -0.25) is 0 Å². The fraction of sp³-hybridized carbons (Fsp3) is 0.333. The molecule has 0 aliphatic carbocycles. The first-order valence-corrected chi connectivity index (χ1v) is 9.39. The van der Waals surface area contributed by atoms with Gasteiger partial charge in [-0.1, -0.05) is 17.3 Å². The lowest BCUT2D eigenvalue weighted by Gasteiger charge is -2.28. The molecule has 1 aromatic heterocycles. The van der Waals surface area contributed by atoms with E-state index in [2.05, 4.69) is 27.2 Å². The van der Waals surface area contributed by atoms with Crippen LogP contribution in [-0.2, 0) is 0 Å². The maximum absolute atomic E-state index is 13.2. The topological polar surface area (TPSA) is 68.2 Å². The van der Waals surface area contributed by atoms with E-state index in [1.54, 1.807) is 12.1 Å². The highest BCUT2D eigenvalue weighted by atomic mass is 19.1. The Morgan fingerprint density at radius 2 is 1.70 bits per heavy atom. The molecule has 1 aliphatic heterocycles. The van der Waals surface area contributed by atoms with Crippen molar-refractivity contribution in [1.29, 1.82) is 0 Å². The van der Waals surface area contributed by atoms with Gasteiger partial charge in [0.05, 0.1) is 5.92 Å².